The van der Waals surface area contributed by atoms with Crippen molar-refractivity contribution in [2.24, 2.45) is 0 Å². The Balaban J connectivity index is 2.62. The first kappa shape index (κ1) is 12.0. The third-order valence-corrected chi connectivity index (χ3v) is 2.08. The van der Waals surface area contributed by atoms with Crippen molar-refractivity contribution in [2.75, 3.05) is 13.7 Å². The summed E-state index contributed by atoms with van der Waals surface area (Å²) in [5.41, 5.74) is 0.906. The number of ether oxygens (including phenoxy) is 1. The summed E-state index contributed by atoms with van der Waals surface area (Å²) in [6, 6.07) is 4.81. The second-order valence-electron chi connectivity index (χ2n) is 3.53. The largest absolute Gasteiger partial charge is 0.493 e. The van der Waals surface area contributed by atoms with Crippen LogP contribution in [0.4, 0.5) is 4.39 Å². The fourth-order valence-electron chi connectivity index (χ4n) is 1.34. The molecule has 0 aliphatic heterocycles. The van der Waals surface area contributed by atoms with Gasteiger partial charge in [-0.1, -0.05) is 13.3 Å². The molecule has 0 amide bonds. The van der Waals surface area contributed by atoms with Crippen LogP contribution in [0.1, 0.15) is 25.3 Å². The van der Waals surface area contributed by atoms with E-state index >= 15 is 0 Å². The number of unbranched alkanes of at least 4 members (excludes halogenated alkanes) is 1. The highest BCUT2D eigenvalue weighted by Gasteiger charge is 2.01. The molecule has 1 N–H and O–H groups in total. The van der Waals surface area contributed by atoms with Crippen LogP contribution < -0.4 is 10.1 Å². The summed E-state index contributed by atoms with van der Waals surface area (Å²) in [5.74, 6) is 0.378. The predicted octanol–water partition coefficient (Wildman–Crippen LogP) is 2.72. The number of halogens is 1. The number of nitrogens with one attached hydrogen (secondary N) is 1. The van der Waals surface area contributed by atoms with E-state index in [0.717, 1.165) is 18.4 Å². The fraction of sp³-hybridized carbons (Fsp3) is 0.500. The molecule has 3 heteroatoms. The van der Waals surface area contributed by atoms with Crippen molar-refractivity contribution >= 4 is 0 Å². The molecule has 0 aliphatic carbocycles. The second kappa shape index (κ2) is 6.40. The van der Waals surface area contributed by atoms with Crippen molar-refractivity contribution in [3.8, 4) is 5.75 Å². The summed E-state index contributed by atoms with van der Waals surface area (Å²) in [5, 5.41) is 2.98. The van der Waals surface area contributed by atoms with Gasteiger partial charge in [0, 0.05) is 12.6 Å². The average Bonchev–Trinajstić information content (AvgIpc) is 2.18. The highest BCUT2D eigenvalue weighted by atomic mass is 19.1. The Morgan fingerprint density at radius 3 is 2.80 bits per heavy atom. The van der Waals surface area contributed by atoms with Gasteiger partial charge in [-0.2, -0.15) is 0 Å². The molecule has 1 rings (SSSR count). The SMILES string of the molecule is CCCCOc1cc(F)cc(CNC)c1. The number of rotatable bonds is 6. The minimum Gasteiger partial charge on any atom is -0.493 e. The van der Waals surface area contributed by atoms with Gasteiger partial charge in [-0.05, 0) is 31.2 Å². The van der Waals surface area contributed by atoms with E-state index in [1.165, 1.54) is 12.1 Å². The third kappa shape index (κ3) is 4.30. The number of hydrogen-bond acceptors (Lipinski definition) is 2. The average molecular weight is 211 g/mol. The molecular weight excluding hydrogens is 193 g/mol. The number of benzene rings is 1. The van der Waals surface area contributed by atoms with Gasteiger partial charge in [0.25, 0.3) is 0 Å². The quantitative estimate of drug-likeness (QED) is 0.730. The molecule has 1 aromatic carbocycles. The van der Waals surface area contributed by atoms with Crippen molar-refractivity contribution in [1.82, 2.24) is 5.32 Å². The van der Waals surface area contributed by atoms with Crippen LogP contribution in [0.5, 0.6) is 5.75 Å². The Morgan fingerprint density at radius 1 is 1.33 bits per heavy atom. The minimum atomic E-state index is -0.241. The first-order valence-electron chi connectivity index (χ1n) is 5.33. The Hall–Kier alpha value is -1.09. The van der Waals surface area contributed by atoms with E-state index in [4.69, 9.17) is 4.74 Å². The summed E-state index contributed by atoms with van der Waals surface area (Å²) in [6.07, 6.45) is 2.08. The van der Waals surface area contributed by atoms with Crippen LogP contribution in [0.25, 0.3) is 0 Å². The van der Waals surface area contributed by atoms with Gasteiger partial charge in [0.15, 0.2) is 0 Å². The van der Waals surface area contributed by atoms with Crippen LogP contribution in [0, 0.1) is 5.82 Å². The highest BCUT2D eigenvalue weighted by molar-refractivity contribution is 5.29. The lowest BCUT2D eigenvalue weighted by Gasteiger charge is -2.07. The summed E-state index contributed by atoms with van der Waals surface area (Å²) >= 11 is 0. The lowest BCUT2D eigenvalue weighted by molar-refractivity contribution is 0.307. The Morgan fingerprint density at radius 2 is 2.13 bits per heavy atom. The molecule has 84 valence electrons. The van der Waals surface area contributed by atoms with E-state index < -0.39 is 0 Å². The lowest BCUT2D eigenvalue weighted by Crippen LogP contribution is -2.06. The van der Waals surface area contributed by atoms with Crippen molar-refractivity contribution in [2.45, 2.75) is 26.3 Å². The molecule has 1 aromatic rings. The summed E-state index contributed by atoms with van der Waals surface area (Å²) < 4.78 is 18.6. The van der Waals surface area contributed by atoms with Crippen LogP contribution >= 0.6 is 0 Å². The van der Waals surface area contributed by atoms with E-state index in [1.54, 1.807) is 0 Å². The van der Waals surface area contributed by atoms with E-state index in [1.807, 2.05) is 13.1 Å². The monoisotopic (exact) mass is 211 g/mol. The van der Waals surface area contributed by atoms with Gasteiger partial charge in [-0.3, -0.25) is 0 Å². The molecule has 0 spiro atoms. The first-order valence-corrected chi connectivity index (χ1v) is 5.33. The van der Waals surface area contributed by atoms with Crippen LogP contribution in [0.3, 0.4) is 0 Å². The van der Waals surface area contributed by atoms with Crippen LogP contribution in [-0.2, 0) is 6.54 Å². The zero-order valence-electron chi connectivity index (χ0n) is 9.35. The van der Waals surface area contributed by atoms with Gasteiger partial charge in [-0.15, -0.1) is 0 Å². The number of hydrogen-bond donors (Lipinski definition) is 1. The molecule has 0 saturated carbocycles. The van der Waals surface area contributed by atoms with Crippen LogP contribution in [0.15, 0.2) is 18.2 Å². The molecule has 2 nitrogen and oxygen atoms in total. The molecule has 0 aromatic heterocycles. The second-order valence-corrected chi connectivity index (χ2v) is 3.53. The van der Waals surface area contributed by atoms with Gasteiger partial charge in [0.1, 0.15) is 11.6 Å². The molecule has 15 heavy (non-hydrogen) atoms. The molecule has 0 aliphatic rings. The molecule has 0 saturated heterocycles. The van der Waals surface area contributed by atoms with E-state index in [-0.39, 0.29) is 5.82 Å². The molecule has 0 unspecified atom stereocenters. The maximum Gasteiger partial charge on any atom is 0.127 e. The van der Waals surface area contributed by atoms with Gasteiger partial charge >= 0.3 is 0 Å². The zero-order valence-corrected chi connectivity index (χ0v) is 9.35. The van der Waals surface area contributed by atoms with Crippen molar-refractivity contribution in [3.63, 3.8) is 0 Å². The molecular formula is C12H18FNO. The van der Waals surface area contributed by atoms with E-state index in [2.05, 4.69) is 12.2 Å². The van der Waals surface area contributed by atoms with Crippen molar-refractivity contribution in [3.05, 3.63) is 29.6 Å². The molecule has 0 bridgehead atoms. The lowest BCUT2D eigenvalue weighted by atomic mass is 10.2. The summed E-state index contributed by atoms with van der Waals surface area (Å²) in [4.78, 5) is 0. The van der Waals surface area contributed by atoms with E-state index in [0.29, 0.717) is 18.9 Å². The summed E-state index contributed by atoms with van der Waals surface area (Å²) in [7, 11) is 1.84. The standard InChI is InChI=1S/C12H18FNO/c1-3-4-5-15-12-7-10(9-14-2)6-11(13)8-12/h6-8,14H,3-5,9H2,1-2H3. The van der Waals surface area contributed by atoms with Gasteiger partial charge in [0.05, 0.1) is 6.61 Å². The predicted molar refractivity (Wildman–Crippen MR) is 59.6 cm³/mol. The first-order chi connectivity index (χ1) is 7.26. The van der Waals surface area contributed by atoms with Crippen molar-refractivity contribution in [1.29, 1.82) is 0 Å². The van der Waals surface area contributed by atoms with Crippen molar-refractivity contribution < 1.29 is 9.13 Å². The highest BCUT2D eigenvalue weighted by Crippen LogP contribution is 2.16. The Kier molecular flexibility index (Phi) is 5.12. The summed E-state index contributed by atoms with van der Waals surface area (Å²) in [6.45, 7) is 3.40. The van der Waals surface area contributed by atoms with Crippen LogP contribution in [0.2, 0.25) is 0 Å². The van der Waals surface area contributed by atoms with Crippen LogP contribution in [-0.4, -0.2) is 13.7 Å². The maximum atomic E-state index is 13.2. The topological polar surface area (TPSA) is 21.3 Å². The molecule has 0 fully saturated rings. The Bertz CT molecular complexity index is 302. The maximum absolute atomic E-state index is 13.2. The minimum absolute atomic E-state index is 0.241. The molecule has 0 atom stereocenters. The molecule has 0 radical (unpaired) electrons. The normalized spacial score (nSPS) is 10.3. The molecule has 0 heterocycles. The fourth-order valence-corrected chi connectivity index (χ4v) is 1.34. The third-order valence-electron chi connectivity index (χ3n) is 2.08. The van der Waals surface area contributed by atoms with Gasteiger partial charge < -0.3 is 10.1 Å². The zero-order chi connectivity index (χ0) is 11.1. The Labute approximate surface area is 90.4 Å². The van der Waals surface area contributed by atoms with Gasteiger partial charge in [0.2, 0.25) is 0 Å². The van der Waals surface area contributed by atoms with E-state index in [9.17, 15) is 4.39 Å². The van der Waals surface area contributed by atoms with Gasteiger partial charge in [-0.25, -0.2) is 4.39 Å². The smallest absolute Gasteiger partial charge is 0.127 e.